The van der Waals surface area contributed by atoms with E-state index >= 15 is 0 Å². The van der Waals surface area contributed by atoms with Crippen molar-refractivity contribution in [1.82, 2.24) is 10.1 Å². The zero-order valence-electron chi connectivity index (χ0n) is 13.5. The van der Waals surface area contributed by atoms with Crippen molar-refractivity contribution < 1.29 is 14.1 Å². The lowest BCUT2D eigenvalue weighted by molar-refractivity contribution is 0.0737. The fraction of sp³-hybridized carbons (Fsp3) is 0.412. The molecule has 1 aromatic carbocycles. The molecule has 0 aliphatic heterocycles. The number of ether oxygens (including phenoxy) is 1. The van der Waals surface area contributed by atoms with Gasteiger partial charge in [-0.3, -0.25) is 4.79 Å². The fourth-order valence-corrected chi connectivity index (χ4v) is 2.27. The summed E-state index contributed by atoms with van der Waals surface area (Å²) in [5.74, 6) is 1.37. The number of rotatable bonds is 6. The zero-order chi connectivity index (χ0) is 16.1. The van der Waals surface area contributed by atoms with E-state index in [2.05, 4.69) is 19.0 Å². The van der Waals surface area contributed by atoms with Gasteiger partial charge < -0.3 is 14.2 Å². The van der Waals surface area contributed by atoms with Crippen molar-refractivity contribution in [1.29, 1.82) is 0 Å². The summed E-state index contributed by atoms with van der Waals surface area (Å²) in [5, 5.41) is 3.98. The highest BCUT2D eigenvalue weighted by Crippen LogP contribution is 2.16. The second kappa shape index (κ2) is 7.11. The van der Waals surface area contributed by atoms with Crippen molar-refractivity contribution in [2.24, 2.45) is 5.92 Å². The van der Waals surface area contributed by atoms with E-state index in [0.717, 1.165) is 17.0 Å². The SMILES string of the molecule is COc1ccc(Cc2cc(C(=O)N(C)CC(C)C)on2)cc1. The number of benzene rings is 1. The molecule has 0 unspecified atom stereocenters. The molecule has 0 atom stereocenters. The first-order valence-electron chi connectivity index (χ1n) is 7.33. The van der Waals surface area contributed by atoms with Gasteiger partial charge in [-0.15, -0.1) is 0 Å². The van der Waals surface area contributed by atoms with Gasteiger partial charge in [0.2, 0.25) is 5.76 Å². The number of hydrogen-bond donors (Lipinski definition) is 0. The lowest BCUT2D eigenvalue weighted by Crippen LogP contribution is -2.29. The van der Waals surface area contributed by atoms with Crippen LogP contribution in [0.1, 0.15) is 35.7 Å². The van der Waals surface area contributed by atoms with Gasteiger partial charge >= 0.3 is 0 Å². The largest absolute Gasteiger partial charge is 0.497 e. The third-order valence-corrected chi connectivity index (χ3v) is 3.30. The Morgan fingerprint density at radius 1 is 1.32 bits per heavy atom. The second-order valence-corrected chi connectivity index (χ2v) is 5.79. The predicted octanol–water partition coefficient (Wildman–Crippen LogP) is 3.00. The molecular formula is C17H22N2O3. The van der Waals surface area contributed by atoms with Crippen LogP contribution < -0.4 is 4.74 Å². The number of hydrogen-bond acceptors (Lipinski definition) is 4. The minimum atomic E-state index is -0.137. The third kappa shape index (κ3) is 4.10. The lowest BCUT2D eigenvalue weighted by atomic mass is 10.1. The maximum atomic E-state index is 12.2. The molecule has 1 heterocycles. The molecule has 5 heteroatoms. The molecule has 2 rings (SSSR count). The average molecular weight is 302 g/mol. The molecule has 0 fully saturated rings. The number of nitrogens with zero attached hydrogens (tertiary/aromatic N) is 2. The van der Waals surface area contributed by atoms with E-state index in [1.807, 2.05) is 24.3 Å². The summed E-state index contributed by atoms with van der Waals surface area (Å²) in [6.45, 7) is 4.83. The van der Waals surface area contributed by atoms with Gasteiger partial charge in [-0.25, -0.2) is 0 Å². The normalized spacial score (nSPS) is 10.8. The number of aromatic nitrogens is 1. The summed E-state index contributed by atoms with van der Waals surface area (Å²) in [7, 11) is 3.41. The minimum absolute atomic E-state index is 0.137. The Hall–Kier alpha value is -2.30. The highest BCUT2D eigenvalue weighted by molar-refractivity contribution is 5.91. The predicted molar refractivity (Wildman–Crippen MR) is 84.1 cm³/mol. The van der Waals surface area contributed by atoms with Crippen LogP contribution in [-0.2, 0) is 6.42 Å². The zero-order valence-corrected chi connectivity index (χ0v) is 13.5. The maximum absolute atomic E-state index is 12.2. The Kier molecular flexibility index (Phi) is 5.20. The smallest absolute Gasteiger partial charge is 0.292 e. The van der Waals surface area contributed by atoms with Gasteiger partial charge in [0.1, 0.15) is 5.75 Å². The van der Waals surface area contributed by atoms with E-state index in [1.54, 1.807) is 25.1 Å². The summed E-state index contributed by atoms with van der Waals surface area (Å²) in [6, 6.07) is 9.46. The van der Waals surface area contributed by atoms with E-state index in [0.29, 0.717) is 18.9 Å². The maximum Gasteiger partial charge on any atom is 0.292 e. The van der Waals surface area contributed by atoms with E-state index in [4.69, 9.17) is 9.26 Å². The molecule has 1 aromatic heterocycles. The van der Waals surface area contributed by atoms with Crippen LogP contribution in [-0.4, -0.2) is 36.7 Å². The minimum Gasteiger partial charge on any atom is -0.497 e. The highest BCUT2D eigenvalue weighted by Gasteiger charge is 2.18. The van der Waals surface area contributed by atoms with Crippen molar-refractivity contribution in [3.8, 4) is 5.75 Å². The lowest BCUT2D eigenvalue weighted by Gasteiger charge is -2.17. The fourth-order valence-electron chi connectivity index (χ4n) is 2.27. The molecule has 1 amide bonds. The Morgan fingerprint density at radius 3 is 2.59 bits per heavy atom. The topological polar surface area (TPSA) is 55.6 Å². The molecule has 5 nitrogen and oxygen atoms in total. The first-order valence-corrected chi connectivity index (χ1v) is 7.33. The van der Waals surface area contributed by atoms with Gasteiger partial charge in [-0.05, 0) is 23.6 Å². The summed E-state index contributed by atoms with van der Waals surface area (Å²) in [6.07, 6.45) is 0.620. The first-order chi connectivity index (χ1) is 10.5. The summed E-state index contributed by atoms with van der Waals surface area (Å²) in [4.78, 5) is 13.9. The summed E-state index contributed by atoms with van der Waals surface area (Å²) >= 11 is 0. The van der Waals surface area contributed by atoms with E-state index < -0.39 is 0 Å². The molecule has 0 spiro atoms. The van der Waals surface area contributed by atoms with E-state index in [9.17, 15) is 4.79 Å². The molecule has 0 aliphatic carbocycles. The quantitative estimate of drug-likeness (QED) is 0.823. The standard InChI is InChI=1S/C17H22N2O3/c1-12(2)11-19(3)17(20)16-10-14(18-22-16)9-13-5-7-15(21-4)8-6-13/h5-8,10,12H,9,11H2,1-4H3. The Balaban J connectivity index is 2.02. The molecule has 0 saturated heterocycles. The van der Waals surface area contributed by atoms with Crippen molar-refractivity contribution in [2.75, 3.05) is 20.7 Å². The van der Waals surface area contributed by atoms with E-state index in [-0.39, 0.29) is 11.7 Å². The second-order valence-electron chi connectivity index (χ2n) is 5.79. The van der Waals surface area contributed by atoms with Crippen LogP contribution in [0.25, 0.3) is 0 Å². The number of carbonyl (C=O) groups excluding carboxylic acids is 1. The van der Waals surface area contributed by atoms with Gasteiger partial charge in [-0.2, -0.15) is 0 Å². The third-order valence-electron chi connectivity index (χ3n) is 3.30. The molecule has 0 radical (unpaired) electrons. The molecule has 0 aliphatic rings. The number of methoxy groups -OCH3 is 1. The van der Waals surface area contributed by atoms with Gasteiger partial charge in [0.15, 0.2) is 0 Å². The molecule has 0 bridgehead atoms. The summed E-state index contributed by atoms with van der Waals surface area (Å²) in [5.41, 5.74) is 1.83. The number of amides is 1. The van der Waals surface area contributed by atoms with Crippen LogP contribution in [0.15, 0.2) is 34.9 Å². The molecule has 22 heavy (non-hydrogen) atoms. The van der Waals surface area contributed by atoms with Gasteiger partial charge in [-0.1, -0.05) is 31.1 Å². The van der Waals surface area contributed by atoms with Crippen molar-refractivity contribution in [3.63, 3.8) is 0 Å². The van der Waals surface area contributed by atoms with Crippen molar-refractivity contribution in [2.45, 2.75) is 20.3 Å². The Morgan fingerprint density at radius 2 is 2.00 bits per heavy atom. The molecule has 118 valence electrons. The van der Waals surface area contributed by atoms with Crippen LogP contribution in [0.5, 0.6) is 5.75 Å². The van der Waals surface area contributed by atoms with Crippen LogP contribution in [0.4, 0.5) is 0 Å². The Labute approximate surface area is 130 Å². The molecule has 0 saturated carbocycles. The van der Waals surface area contributed by atoms with Crippen molar-refractivity contribution in [3.05, 3.63) is 47.3 Å². The molecular weight excluding hydrogens is 280 g/mol. The Bertz CT molecular complexity index is 617. The van der Waals surface area contributed by atoms with Crippen molar-refractivity contribution >= 4 is 5.91 Å². The monoisotopic (exact) mass is 302 g/mol. The van der Waals surface area contributed by atoms with Gasteiger partial charge in [0.25, 0.3) is 5.91 Å². The number of carbonyl (C=O) groups is 1. The first kappa shape index (κ1) is 16.1. The van der Waals surface area contributed by atoms with Crippen LogP contribution >= 0.6 is 0 Å². The highest BCUT2D eigenvalue weighted by atomic mass is 16.5. The van der Waals surface area contributed by atoms with Crippen LogP contribution in [0, 0.1) is 5.92 Å². The van der Waals surface area contributed by atoms with E-state index in [1.165, 1.54) is 0 Å². The van der Waals surface area contributed by atoms with Gasteiger partial charge in [0, 0.05) is 26.1 Å². The molecule has 2 aromatic rings. The van der Waals surface area contributed by atoms with Crippen LogP contribution in [0.2, 0.25) is 0 Å². The summed E-state index contributed by atoms with van der Waals surface area (Å²) < 4.78 is 10.3. The van der Waals surface area contributed by atoms with Gasteiger partial charge in [0.05, 0.1) is 12.8 Å². The molecule has 0 N–H and O–H groups in total. The average Bonchev–Trinajstić information content (AvgIpc) is 2.95. The van der Waals surface area contributed by atoms with Crippen LogP contribution in [0.3, 0.4) is 0 Å².